The van der Waals surface area contributed by atoms with E-state index in [0.29, 0.717) is 25.5 Å². The number of ether oxygens (including phenoxy) is 2. The van der Waals surface area contributed by atoms with Crippen molar-refractivity contribution < 1.29 is 18.7 Å². The summed E-state index contributed by atoms with van der Waals surface area (Å²) in [5, 5.41) is 3.67. The number of carbonyl (C=O) groups is 1. The summed E-state index contributed by atoms with van der Waals surface area (Å²) >= 11 is 6.16. The molecule has 1 aromatic heterocycles. The summed E-state index contributed by atoms with van der Waals surface area (Å²) in [6.07, 6.45) is 1.65. The first-order valence-electron chi connectivity index (χ1n) is 9.06. The summed E-state index contributed by atoms with van der Waals surface area (Å²) in [5.74, 6) is 1.30. The monoisotopic (exact) mass is 428 g/mol. The highest BCUT2D eigenvalue weighted by atomic mass is 35.5. The van der Waals surface area contributed by atoms with Crippen molar-refractivity contribution in [1.29, 1.82) is 0 Å². The lowest BCUT2D eigenvalue weighted by atomic mass is 10.1. The fraction of sp³-hybridized carbons (Fsp3) is 0.450. The molecular formula is C20H26Cl2N2O4. The molecule has 0 saturated carbocycles. The van der Waals surface area contributed by atoms with Gasteiger partial charge in [-0.05, 0) is 49.2 Å². The molecule has 3 rings (SSSR count). The lowest BCUT2D eigenvalue weighted by molar-refractivity contribution is -0.123. The molecule has 1 aromatic carbocycles. The van der Waals surface area contributed by atoms with Crippen molar-refractivity contribution >= 4 is 29.9 Å². The van der Waals surface area contributed by atoms with Gasteiger partial charge in [0.15, 0.2) is 6.61 Å². The Hall–Kier alpha value is -1.73. The molecular weight excluding hydrogens is 403 g/mol. The summed E-state index contributed by atoms with van der Waals surface area (Å²) < 4.78 is 16.6. The summed E-state index contributed by atoms with van der Waals surface area (Å²) in [5.41, 5.74) is 1.86. The second-order valence-electron chi connectivity index (χ2n) is 6.64. The zero-order valence-electron chi connectivity index (χ0n) is 16.1. The fourth-order valence-electron chi connectivity index (χ4n) is 3.18. The first-order valence-corrected chi connectivity index (χ1v) is 9.44. The number of benzene rings is 1. The minimum Gasteiger partial charge on any atom is -0.484 e. The van der Waals surface area contributed by atoms with Gasteiger partial charge in [0.2, 0.25) is 0 Å². The van der Waals surface area contributed by atoms with Crippen LogP contribution in [0.3, 0.4) is 0 Å². The Kier molecular flexibility index (Phi) is 8.63. The highest BCUT2D eigenvalue weighted by Crippen LogP contribution is 2.26. The number of hydrogen-bond acceptors (Lipinski definition) is 5. The van der Waals surface area contributed by atoms with Crippen LogP contribution >= 0.6 is 24.0 Å². The number of hydrogen-bond donors (Lipinski definition) is 1. The number of rotatable bonds is 7. The Balaban J connectivity index is 0.00000280. The van der Waals surface area contributed by atoms with Crippen molar-refractivity contribution in [2.45, 2.75) is 19.9 Å². The van der Waals surface area contributed by atoms with Crippen molar-refractivity contribution in [3.05, 3.63) is 52.4 Å². The molecule has 2 heterocycles. The van der Waals surface area contributed by atoms with Crippen molar-refractivity contribution in [2.75, 3.05) is 39.5 Å². The zero-order valence-corrected chi connectivity index (χ0v) is 17.6. The maximum Gasteiger partial charge on any atom is 0.258 e. The molecule has 0 aliphatic carbocycles. The van der Waals surface area contributed by atoms with Crippen LogP contribution in [0.25, 0.3) is 0 Å². The van der Waals surface area contributed by atoms with Crippen LogP contribution in [0, 0.1) is 13.8 Å². The van der Waals surface area contributed by atoms with E-state index in [-0.39, 0.29) is 31.0 Å². The average Bonchev–Trinajstić information content (AvgIpc) is 3.20. The molecule has 1 aliphatic rings. The summed E-state index contributed by atoms with van der Waals surface area (Å²) in [6, 6.07) is 7.44. The quantitative estimate of drug-likeness (QED) is 0.730. The predicted octanol–water partition coefficient (Wildman–Crippen LogP) is 3.54. The van der Waals surface area contributed by atoms with Gasteiger partial charge in [0.1, 0.15) is 11.5 Å². The smallest absolute Gasteiger partial charge is 0.258 e. The third kappa shape index (κ3) is 5.88. The number of nitrogens with one attached hydrogen (secondary N) is 1. The molecule has 0 radical (unpaired) electrons. The third-order valence-electron chi connectivity index (χ3n) is 4.63. The maximum absolute atomic E-state index is 12.3. The molecule has 1 N–H and O–H groups in total. The second-order valence-corrected chi connectivity index (χ2v) is 7.02. The van der Waals surface area contributed by atoms with E-state index in [1.807, 2.05) is 38.1 Å². The number of amides is 1. The SMILES string of the molecule is Cc1cc(OCC(=O)NCC(c2ccco2)N2CCOCC2)cc(C)c1Cl.Cl. The van der Waals surface area contributed by atoms with Gasteiger partial charge in [0, 0.05) is 24.7 Å². The molecule has 1 amide bonds. The molecule has 2 aromatic rings. The summed E-state index contributed by atoms with van der Waals surface area (Å²) in [7, 11) is 0. The lowest BCUT2D eigenvalue weighted by Gasteiger charge is -2.33. The van der Waals surface area contributed by atoms with Crippen LogP contribution in [0.2, 0.25) is 5.02 Å². The van der Waals surface area contributed by atoms with E-state index >= 15 is 0 Å². The highest BCUT2D eigenvalue weighted by Gasteiger charge is 2.25. The Bertz CT molecular complexity index is 739. The molecule has 1 saturated heterocycles. The van der Waals surface area contributed by atoms with E-state index in [0.717, 1.165) is 35.0 Å². The van der Waals surface area contributed by atoms with Crippen LogP contribution in [-0.2, 0) is 9.53 Å². The Labute approximate surface area is 176 Å². The Morgan fingerprint density at radius 3 is 2.57 bits per heavy atom. The first kappa shape index (κ1) is 22.6. The summed E-state index contributed by atoms with van der Waals surface area (Å²) in [6.45, 7) is 7.22. The minimum absolute atomic E-state index is 0. The van der Waals surface area contributed by atoms with Gasteiger partial charge in [-0.2, -0.15) is 0 Å². The van der Waals surface area contributed by atoms with Gasteiger partial charge in [-0.3, -0.25) is 9.69 Å². The van der Waals surface area contributed by atoms with Gasteiger partial charge < -0.3 is 19.2 Å². The number of nitrogens with zero attached hydrogens (tertiary/aromatic N) is 1. The molecule has 1 fully saturated rings. The average molecular weight is 429 g/mol. The van der Waals surface area contributed by atoms with Crippen molar-refractivity contribution in [2.24, 2.45) is 0 Å². The number of aryl methyl sites for hydroxylation is 2. The maximum atomic E-state index is 12.3. The van der Waals surface area contributed by atoms with E-state index in [4.69, 9.17) is 25.5 Å². The zero-order chi connectivity index (χ0) is 19.2. The van der Waals surface area contributed by atoms with E-state index in [9.17, 15) is 4.79 Å². The Morgan fingerprint density at radius 1 is 1.29 bits per heavy atom. The molecule has 0 spiro atoms. The fourth-order valence-corrected chi connectivity index (χ4v) is 3.29. The molecule has 1 atom stereocenters. The van der Waals surface area contributed by atoms with Gasteiger partial charge >= 0.3 is 0 Å². The van der Waals surface area contributed by atoms with Crippen LogP contribution in [0.15, 0.2) is 34.9 Å². The minimum atomic E-state index is -0.176. The number of morpholine rings is 1. The van der Waals surface area contributed by atoms with E-state index in [2.05, 4.69) is 10.2 Å². The van der Waals surface area contributed by atoms with E-state index in [1.165, 1.54) is 0 Å². The number of carbonyl (C=O) groups excluding carboxylic acids is 1. The molecule has 1 unspecified atom stereocenters. The first-order chi connectivity index (χ1) is 13.0. The largest absolute Gasteiger partial charge is 0.484 e. The van der Waals surface area contributed by atoms with Crippen molar-refractivity contribution in [3.8, 4) is 5.75 Å². The summed E-state index contributed by atoms with van der Waals surface area (Å²) in [4.78, 5) is 14.5. The molecule has 154 valence electrons. The second kappa shape index (κ2) is 10.7. The lowest BCUT2D eigenvalue weighted by Crippen LogP contribution is -2.44. The molecule has 28 heavy (non-hydrogen) atoms. The molecule has 0 bridgehead atoms. The van der Waals surface area contributed by atoms with E-state index < -0.39 is 0 Å². The van der Waals surface area contributed by atoms with Crippen LogP contribution in [-0.4, -0.2) is 50.3 Å². The van der Waals surface area contributed by atoms with Gasteiger partial charge in [-0.25, -0.2) is 0 Å². The Morgan fingerprint density at radius 2 is 1.96 bits per heavy atom. The van der Waals surface area contributed by atoms with E-state index in [1.54, 1.807) is 6.26 Å². The number of halogens is 2. The van der Waals surface area contributed by atoms with Crippen LogP contribution in [0.4, 0.5) is 0 Å². The molecule has 1 aliphatic heterocycles. The molecule has 8 heteroatoms. The predicted molar refractivity (Wildman–Crippen MR) is 111 cm³/mol. The number of furan rings is 1. The highest BCUT2D eigenvalue weighted by molar-refractivity contribution is 6.32. The normalized spacial score (nSPS) is 15.5. The van der Waals surface area contributed by atoms with Crippen molar-refractivity contribution in [1.82, 2.24) is 10.2 Å². The molecule has 6 nitrogen and oxygen atoms in total. The van der Waals surface area contributed by atoms with Gasteiger partial charge in [0.05, 0.1) is 25.5 Å². The third-order valence-corrected chi connectivity index (χ3v) is 5.23. The van der Waals surface area contributed by atoms with Gasteiger partial charge in [0.25, 0.3) is 5.91 Å². The van der Waals surface area contributed by atoms with Gasteiger partial charge in [-0.1, -0.05) is 11.6 Å². The van der Waals surface area contributed by atoms with Crippen LogP contribution in [0.5, 0.6) is 5.75 Å². The van der Waals surface area contributed by atoms with Gasteiger partial charge in [-0.15, -0.1) is 12.4 Å². The van der Waals surface area contributed by atoms with Crippen molar-refractivity contribution in [3.63, 3.8) is 0 Å². The topological polar surface area (TPSA) is 63.9 Å². The van der Waals surface area contributed by atoms with Crippen LogP contribution in [0.1, 0.15) is 22.9 Å². The standard InChI is InChI=1S/C20H25ClN2O4.ClH/c1-14-10-16(11-15(2)20(14)21)27-13-19(24)22-12-17(18-4-3-7-26-18)23-5-8-25-9-6-23;/h3-4,7,10-11,17H,5-6,8-9,12-13H2,1-2H3,(H,22,24);1H. The van der Waals surface area contributed by atoms with Crippen LogP contribution < -0.4 is 10.1 Å².